The van der Waals surface area contributed by atoms with E-state index in [1.54, 1.807) is 6.07 Å². The summed E-state index contributed by atoms with van der Waals surface area (Å²) in [5, 5.41) is 2.09. The van der Waals surface area contributed by atoms with Crippen LogP contribution in [0.15, 0.2) is 42.6 Å². The predicted molar refractivity (Wildman–Crippen MR) is 94.1 cm³/mol. The Hall–Kier alpha value is -2.15. The molecule has 112 valence electrons. The highest BCUT2D eigenvalue weighted by Gasteiger charge is 2.18. The SMILES string of the molecule is [2H]C([2H])([2H])c1cc(-c2c3ccc(C)cc3cc[n+]2C)c(C)c(C([2H])([2H])C)c1. The fourth-order valence-electron chi connectivity index (χ4n) is 3.05. The lowest BCUT2D eigenvalue weighted by Gasteiger charge is -2.12. The first-order valence-electron chi connectivity index (χ1n) is 9.94. The molecular formula is C21H24N+. The molecule has 0 unspecified atom stereocenters. The van der Waals surface area contributed by atoms with E-state index in [-0.39, 0.29) is 5.56 Å². The van der Waals surface area contributed by atoms with Gasteiger partial charge in [0, 0.05) is 12.9 Å². The molecule has 0 aliphatic carbocycles. The molecule has 1 heterocycles. The van der Waals surface area contributed by atoms with Crippen molar-refractivity contribution < 1.29 is 11.4 Å². The highest BCUT2D eigenvalue weighted by molar-refractivity contribution is 5.94. The number of hydrogen-bond donors (Lipinski definition) is 0. The Morgan fingerprint density at radius 3 is 2.64 bits per heavy atom. The van der Waals surface area contributed by atoms with Gasteiger partial charge in [-0.1, -0.05) is 30.7 Å². The van der Waals surface area contributed by atoms with E-state index in [0.717, 1.165) is 33.2 Å². The first-order chi connectivity index (χ1) is 12.4. The minimum atomic E-state index is -2.30. The van der Waals surface area contributed by atoms with Crippen LogP contribution < -0.4 is 4.57 Å². The van der Waals surface area contributed by atoms with E-state index in [1.165, 1.54) is 13.0 Å². The van der Waals surface area contributed by atoms with Gasteiger partial charge < -0.3 is 0 Å². The molecule has 3 aromatic rings. The molecule has 0 aliphatic rings. The molecule has 0 saturated carbocycles. The summed E-state index contributed by atoms with van der Waals surface area (Å²) in [5.74, 6) is 0. The zero-order chi connectivity index (χ0) is 20.1. The van der Waals surface area contributed by atoms with Crippen molar-refractivity contribution in [1.29, 1.82) is 0 Å². The molecule has 0 saturated heterocycles. The van der Waals surface area contributed by atoms with Crippen LogP contribution in [0.2, 0.25) is 0 Å². The third kappa shape index (κ3) is 2.41. The fourth-order valence-corrected chi connectivity index (χ4v) is 3.05. The van der Waals surface area contributed by atoms with Gasteiger partial charge in [0.25, 0.3) is 0 Å². The number of nitrogens with zero attached hydrogens (tertiary/aromatic N) is 1. The smallest absolute Gasteiger partial charge is 0.200 e. The van der Waals surface area contributed by atoms with Crippen molar-refractivity contribution in [3.8, 4) is 11.3 Å². The molecule has 2 aromatic carbocycles. The Morgan fingerprint density at radius 1 is 1.09 bits per heavy atom. The van der Waals surface area contributed by atoms with E-state index < -0.39 is 13.2 Å². The van der Waals surface area contributed by atoms with E-state index in [9.17, 15) is 0 Å². The molecular weight excluding hydrogens is 266 g/mol. The van der Waals surface area contributed by atoms with Gasteiger partial charge in [0.1, 0.15) is 7.05 Å². The maximum atomic E-state index is 8.19. The third-order valence-electron chi connectivity index (χ3n) is 4.22. The van der Waals surface area contributed by atoms with E-state index in [1.807, 2.05) is 49.9 Å². The van der Waals surface area contributed by atoms with Crippen molar-refractivity contribution in [2.24, 2.45) is 7.05 Å². The molecule has 0 atom stereocenters. The fraction of sp³-hybridized carbons (Fsp3) is 0.286. The summed E-state index contributed by atoms with van der Waals surface area (Å²) in [7, 11) is 1.93. The summed E-state index contributed by atoms with van der Waals surface area (Å²) in [6.45, 7) is 3.07. The predicted octanol–water partition coefficient (Wildman–Crippen LogP) is 4.82. The van der Waals surface area contributed by atoms with Gasteiger partial charge in [0.2, 0.25) is 5.69 Å². The van der Waals surface area contributed by atoms with Crippen molar-refractivity contribution >= 4 is 10.8 Å². The quantitative estimate of drug-likeness (QED) is 0.597. The summed E-state index contributed by atoms with van der Waals surface area (Å²) in [5.41, 5.74) is 4.13. The number of aryl methyl sites for hydroxylation is 4. The van der Waals surface area contributed by atoms with E-state index in [2.05, 4.69) is 6.07 Å². The van der Waals surface area contributed by atoms with Gasteiger partial charge in [-0.2, -0.15) is 0 Å². The molecule has 1 aromatic heterocycles. The van der Waals surface area contributed by atoms with E-state index in [4.69, 9.17) is 6.85 Å². The lowest BCUT2D eigenvalue weighted by Crippen LogP contribution is -2.30. The van der Waals surface area contributed by atoms with Gasteiger partial charge in [-0.3, -0.25) is 0 Å². The topological polar surface area (TPSA) is 3.88 Å². The van der Waals surface area contributed by atoms with Gasteiger partial charge in [0.05, 0.1) is 10.9 Å². The van der Waals surface area contributed by atoms with Crippen molar-refractivity contribution in [3.05, 3.63) is 64.8 Å². The van der Waals surface area contributed by atoms with Crippen LogP contribution in [0, 0.1) is 20.7 Å². The van der Waals surface area contributed by atoms with Crippen LogP contribution in [0.25, 0.3) is 22.0 Å². The maximum absolute atomic E-state index is 8.19. The molecule has 1 nitrogen and oxygen atoms in total. The second-order valence-corrected chi connectivity index (χ2v) is 5.81. The van der Waals surface area contributed by atoms with Crippen molar-refractivity contribution in [3.63, 3.8) is 0 Å². The average Bonchev–Trinajstić information content (AvgIpc) is 2.53. The van der Waals surface area contributed by atoms with Crippen molar-refractivity contribution in [2.45, 2.75) is 34.0 Å². The molecule has 0 aliphatic heterocycles. The van der Waals surface area contributed by atoms with Crippen LogP contribution >= 0.6 is 0 Å². The maximum Gasteiger partial charge on any atom is 0.220 e. The molecule has 0 N–H and O–H groups in total. The molecule has 0 fully saturated rings. The molecule has 0 amide bonds. The summed E-state index contributed by atoms with van der Waals surface area (Å²) < 4.78 is 41.9. The molecule has 3 rings (SSSR count). The van der Waals surface area contributed by atoms with Gasteiger partial charge in [-0.25, -0.2) is 4.57 Å². The van der Waals surface area contributed by atoms with Gasteiger partial charge >= 0.3 is 0 Å². The summed E-state index contributed by atoms with van der Waals surface area (Å²) in [6, 6.07) is 11.4. The van der Waals surface area contributed by atoms with Crippen LogP contribution in [0.5, 0.6) is 0 Å². The van der Waals surface area contributed by atoms with Crippen molar-refractivity contribution in [1.82, 2.24) is 0 Å². The zero-order valence-corrected chi connectivity index (χ0v) is 13.5. The van der Waals surface area contributed by atoms with Crippen LogP contribution in [0.1, 0.15) is 36.0 Å². The van der Waals surface area contributed by atoms with Crippen LogP contribution in [0.4, 0.5) is 0 Å². The lowest BCUT2D eigenvalue weighted by atomic mass is 9.93. The molecule has 1 heteroatoms. The highest BCUT2D eigenvalue weighted by Crippen LogP contribution is 2.31. The normalized spacial score (nSPS) is 15.7. The monoisotopic (exact) mass is 295 g/mol. The number of aromatic nitrogens is 1. The minimum Gasteiger partial charge on any atom is -0.200 e. The van der Waals surface area contributed by atoms with E-state index >= 15 is 0 Å². The number of fused-ring (bicyclic) bond motifs is 1. The Morgan fingerprint density at radius 2 is 1.91 bits per heavy atom. The third-order valence-corrected chi connectivity index (χ3v) is 4.22. The Kier molecular flexibility index (Phi) is 2.48. The lowest BCUT2D eigenvalue weighted by molar-refractivity contribution is -0.659. The second-order valence-electron chi connectivity index (χ2n) is 5.81. The molecule has 0 bridgehead atoms. The van der Waals surface area contributed by atoms with Gasteiger partial charge in [-0.15, -0.1) is 0 Å². The van der Waals surface area contributed by atoms with Crippen LogP contribution in [-0.4, -0.2) is 0 Å². The minimum absolute atomic E-state index is 0.160. The number of hydrogen-bond acceptors (Lipinski definition) is 0. The van der Waals surface area contributed by atoms with Crippen LogP contribution in [0.3, 0.4) is 0 Å². The van der Waals surface area contributed by atoms with Gasteiger partial charge in [-0.05, 0) is 61.3 Å². The molecule has 0 radical (unpaired) electrons. The summed E-state index contributed by atoms with van der Waals surface area (Å²) in [4.78, 5) is 0. The first-order valence-corrected chi connectivity index (χ1v) is 7.44. The summed E-state index contributed by atoms with van der Waals surface area (Å²) in [6.07, 6.45) is 0.318. The zero-order valence-electron chi connectivity index (χ0n) is 18.5. The average molecular weight is 295 g/mol. The van der Waals surface area contributed by atoms with Gasteiger partial charge in [0.15, 0.2) is 6.20 Å². The standard InChI is InChI=1S/C21H24N/c1-6-17-12-15(3)13-20(16(17)4)21-19-8-7-14(2)11-18(19)9-10-22(21)5/h7-13H,6H2,1-5H3/q+1/i3D3,6D2. The van der Waals surface area contributed by atoms with Crippen molar-refractivity contribution in [2.75, 3.05) is 0 Å². The highest BCUT2D eigenvalue weighted by atomic mass is 14.9. The second kappa shape index (κ2) is 5.57. The summed E-state index contributed by atoms with van der Waals surface area (Å²) >= 11 is 0. The number of pyridine rings is 1. The first kappa shape index (κ1) is 9.78. The Labute approximate surface area is 140 Å². The molecule has 0 spiro atoms. The number of rotatable bonds is 2. The largest absolute Gasteiger partial charge is 0.220 e. The number of benzene rings is 2. The molecule has 22 heavy (non-hydrogen) atoms. The van der Waals surface area contributed by atoms with E-state index in [0.29, 0.717) is 5.56 Å². The Bertz CT molecular complexity index is 1030. The van der Waals surface area contributed by atoms with Crippen LogP contribution in [-0.2, 0) is 13.4 Å². The Balaban J connectivity index is 2.45.